The lowest BCUT2D eigenvalue weighted by Gasteiger charge is -2.32. The fourth-order valence-corrected chi connectivity index (χ4v) is 2.89. The standard InChI is InChI=1S/C17H25N3/c1-14-7-8-16-15(12-14)6-5-11-20(16)10-4-3-9-17(2,19)13-18/h7-8,12H,3-6,9-11,19H2,1-2H3. The molecule has 1 aliphatic rings. The van der Waals surface area contributed by atoms with Crippen LogP contribution in [0.3, 0.4) is 0 Å². The van der Waals surface area contributed by atoms with Crippen molar-refractivity contribution < 1.29 is 0 Å². The molecule has 1 atom stereocenters. The fraction of sp³-hybridized carbons (Fsp3) is 0.588. The molecule has 1 aromatic carbocycles. The zero-order valence-corrected chi connectivity index (χ0v) is 12.7. The van der Waals surface area contributed by atoms with Gasteiger partial charge in [0, 0.05) is 18.8 Å². The van der Waals surface area contributed by atoms with Crippen molar-refractivity contribution in [1.29, 1.82) is 5.26 Å². The summed E-state index contributed by atoms with van der Waals surface area (Å²) in [6.45, 7) is 6.18. The van der Waals surface area contributed by atoms with Gasteiger partial charge in [-0.25, -0.2) is 0 Å². The van der Waals surface area contributed by atoms with E-state index in [-0.39, 0.29) is 0 Å². The minimum absolute atomic E-state index is 0.670. The van der Waals surface area contributed by atoms with E-state index in [4.69, 9.17) is 11.0 Å². The smallest absolute Gasteiger partial charge is 0.101 e. The highest BCUT2D eigenvalue weighted by Crippen LogP contribution is 2.28. The molecule has 0 saturated carbocycles. The molecular weight excluding hydrogens is 246 g/mol. The lowest BCUT2D eigenvalue weighted by molar-refractivity contribution is 0.504. The molecule has 1 heterocycles. The summed E-state index contributed by atoms with van der Waals surface area (Å²) in [5, 5.41) is 8.91. The van der Waals surface area contributed by atoms with Crippen molar-refractivity contribution in [3.05, 3.63) is 29.3 Å². The third-order valence-electron chi connectivity index (χ3n) is 4.08. The summed E-state index contributed by atoms with van der Waals surface area (Å²) in [4.78, 5) is 2.48. The number of unbranched alkanes of at least 4 members (excludes halogenated alkanes) is 1. The Morgan fingerprint density at radius 3 is 2.95 bits per heavy atom. The number of nitrogens with two attached hydrogens (primary N) is 1. The molecule has 20 heavy (non-hydrogen) atoms. The third kappa shape index (κ3) is 3.74. The van der Waals surface area contributed by atoms with E-state index in [1.165, 1.54) is 29.7 Å². The molecule has 0 radical (unpaired) electrons. The summed E-state index contributed by atoms with van der Waals surface area (Å²) in [6, 6.07) is 8.93. The van der Waals surface area contributed by atoms with E-state index in [9.17, 15) is 0 Å². The predicted octanol–water partition coefficient (Wildman–Crippen LogP) is 3.16. The van der Waals surface area contributed by atoms with Crippen LogP contribution in [0.15, 0.2) is 18.2 Å². The van der Waals surface area contributed by atoms with E-state index in [0.717, 1.165) is 32.4 Å². The van der Waals surface area contributed by atoms with E-state index >= 15 is 0 Å². The number of fused-ring (bicyclic) bond motifs is 1. The van der Waals surface area contributed by atoms with Gasteiger partial charge in [-0.2, -0.15) is 5.26 Å². The molecule has 0 spiro atoms. The summed E-state index contributed by atoms with van der Waals surface area (Å²) < 4.78 is 0. The maximum Gasteiger partial charge on any atom is 0.101 e. The number of aryl methyl sites for hydroxylation is 2. The van der Waals surface area contributed by atoms with Gasteiger partial charge in [-0.15, -0.1) is 0 Å². The molecule has 0 saturated heterocycles. The van der Waals surface area contributed by atoms with Crippen LogP contribution in [-0.2, 0) is 6.42 Å². The lowest BCUT2D eigenvalue weighted by atomic mass is 9.97. The normalized spacial score (nSPS) is 17.2. The summed E-state index contributed by atoms with van der Waals surface area (Å²) in [6.07, 6.45) is 5.32. The van der Waals surface area contributed by atoms with E-state index in [1.807, 2.05) is 6.92 Å². The van der Waals surface area contributed by atoms with Crippen molar-refractivity contribution in [2.75, 3.05) is 18.0 Å². The number of rotatable bonds is 5. The zero-order chi connectivity index (χ0) is 14.6. The topological polar surface area (TPSA) is 53.0 Å². The second kappa shape index (κ2) is 6.28. The molecule has 0 bridgehead atoms. The average Bonchev–Trinajstić information content (AvgIpc) is 2.43. The van der Waals surface area contributed by atoms with Crippen LogP contribution < -0.4 is 10.6 Å². The van der Waals surface area contributed by atoms with Gasteiger partial charge in [-0.3, -0.25) is 0 Å². The van der Waals surface area contributed by atoms with E-state index < -0.39 is 5.54 Å². The van der Waals surface area contributed by atoms with Crippen LogP contribution in [0.4, 0.5) is 5.69 Å². The van der Waals surface area contributed by atoms with Crippen LogP contribution in [0.25, 0.3) is 0 Å². The summed E-state index contributed by atoms with van der Waals surface area (Å²) in [5.74, 6) is 0. The number of nitrogens with zero attached hydrogens (tertiary/aromatic N) is 2. The zero-order valence-electron chi connectivity index (χ0n) is 12.7. The van der Waals surface area contributed by atoms with Gasteiger partial charge in [0.1, 0.15) is 5.54 Å². The summed E-state index contributed by atoms with van der Waals surface area (Å²) >= 11 is 0. The highest BCUT2D eigenvalue weighted by atomic mass is 15.1. The molecule has 0 amide bonds. The minimum Gasteiger partial charge on any atom is -0.371 e. The predicted molar refractivity (Wildman–Crippen MR) is 83.8 cm³/mol. The molecule has 3 nitrogen and oxygen atoms in total. The molecule has 2 rings (SSSR count). The number of benzene rings is 1. The first-order chi connectivity index (χ1) is 9.52. The van der Waals surface area contributed by atoms with Gasteiger partial charge in [-0.1, -0.05) is 17.7 Å². The van der Waals surface area contributed by atoms with Gasteiger partial charge >= 0.3 is 0 Å². The first kappa shape index (κ1) is 14.9. The van der Waals surface area contributed by atoms with Gasteiger partial charge in [0.05, 0.1) is 6.07 Å². The Morgan fingerprint density at radius 2 is 2.20 bits per heavy atom. The molecule has 2 N–H and O–H groups in total. The van der Waals surface area contributed by atoms with Crippen molar-refractivity contribution in [2.45, 2.75) is 51.5 Å². The Labute approximate surface area is 122 Å². The average molecular weight is 271 g/mol. The first-order valence-corrected chi connectivity index (χ1v) is 7.56. The lowest BCUT2D eigenvalue weighted by Crippen LogP contribution is -2.34. The van der Waals surface area contributed by atoms with Crippen molar-refractivity contribution in [3.8, 4) is 6.07 Å². The van der Waals surface area contributed by atoms with Crippen molar-refractivity contribution in [2.24, 2.45) is 5.73 Å². The number of hydrogen-bond acceptors (Lipinski definition) is 3. The van der Waals surface area contributed by atoms with Crippen molar-refractivity contribution >= 4 is 5.69 Å². The van der Waals surface area contributed by atoms with Gasteiger partial charge in [0.2, 0.25) is 0 Å². The quantitative estimate of drug-likeness (QED) is 0.837. The third-order valence-corrected chi connectivity index (χ3v) is 4.08. The fourth-order valence-electron chi connectivity index (χ4n) is 2.89. The Balaban J connectivity index is 1.88. The van der Waals surface area contributed by atoms with E-state index in [0.29, 0.717) is 0 Å². The summed E-state index contributed by atoms with van der Waals surface area (Å²) in [7, 11) is 0. The summed E-state index contributed by atoms with van der Waals surface area (Å²) in [5.41, 5.74) is 9.41. The largest absolute Gasteiger partial charge is 0.371 e. The minimum atomic E-state index is -0.670. The van der Waals surface area contributed by atoms with Gasteiger partial charge in [-0.05, 0) is 57.6 Å². The molecule has 1 unspecified atom stereocenters. The Hall–Kier alpha value is -1.53. The Bertz CT molecular complexity index is 499. The second-order valence-electron chi connectivity index (χ2n) is 6.21. The Morgan fingerprint density at radius 1 is 1.40 bits per heavy atom. The molecule has 1 aliphatic heterocycles. The van der Waals surface area contributed by atoms with Crippen molar-refractivity contribution in [1.82, 2.24) is 0 Å². The number of hydrogen-bond donors (Lipinski definition) is 1. The molecule has 0 aliphatic carbocycles. The first-order valence-electron chi connectivity index (χ1n) is 7.56. The van der Waals surface area contributed by atoms with Crippen LogP contribution in [0.5, 0.6) is 0 Å². The highest BCUT2D eigenvalue weighted by molar-refractivity contribution is 5.56. The molecule has 3 heteroatoms. The second-order valence-corrected chi connectivity index (χ2v) is 6.21. The Kier molecular flexibility index (Phi) is 4.67. The van der Waals surface area contributed by atoms with Gasteiger partial charge in [0.25, 0.3) is 0 Å². The molecule has 0 aromatic heterocycles. The van der Waals surface area contributed by atoms with Gasteiger partial charge < -0.3 is 10.6 Å². The van der Waals surface area contributed by atoms with Crippen LogP contribution in [0.2, 0.25) is 0 Å². The van der Waals surface area contributed by atoms with E-state index in [1.54, 1.807) is 0 Å². The molecular formula is C17H25N3. The maximum atomic E-state index is 8.91. The van der Waals surface area contributed by atoms with Crippen molar-refractivity contribution in [3.63, 3.8) is 0 Å². The van der Waals surface area contributed by atoms with Crippen LogP contribution in [0.1, 0.15) is 43.7 Å². The van der Waals surface area contributed by atoms with Gasteiger partial charge in [0.15, 0.2) is 0 Å². The van der Waals surface area contributed by atoms with Crippen LogP contribution in [-0.4, -0.2) is 18.6 Å². The SMILES string of the molecule is Cc1ccc2c(c1)CCCN2CCCCC(C)(N)C#N. The van der Waals surface area contributed by atoms with Crippen LogP contribution >= 0.6 is 0 Å². The number of nitriles is 1. The monoisotopic (exact) mass is 271 g/mol. The number of anilines is 1. The molecule has 0 fully saturated rings. The van der Waals surface area contributed by atoms with E-state index in [2.05, 4.69) is 36.1 Å². The van der Waals surface area contributed by atoms with Crippen LogP contribution in [0, 0.1) is 18.3 Å². The maximum absolute atomic E-state index is 8.91. The molecule has 108 valence electrons. The highest BCUT2D eigenvalue weighted by Gasteiger charge is 2.18. The molecule has 1 aromatic rings.